The molecule has 3 heteroatoms. The Kier molecular flexibility index (Phi) is 2.23. The highest BCUT2D eigenvalue weighted by atomic mass is 16.5. The third kappa shape index (κ3) is 1.74. The van der Waals surface area contributed by atoms with Crippen molar-refractivity contribution in [1.82, 2.24) is 10.3 Å². The number of hydrogen-bond acceptors (Lipinski definition) is 3. The molecule has 1 aromatic rings. The van der Waals surface area contributed by atoms with Crippen LogP contribution in [0.3, 0.4) is 0 Å². The van der Waals surface area contributed by atoms with Gasteiger partial charge in [-0.3, -0.25) is 4.98 Å². The molecule has 0 amide bonds. The lowest BCUT2D eigenvalue weighted by molar-refractivity contribution is 0.223. The molecule has 1 aromatic heterocycles. The number of rotatable bonds is 2. The molecule has 2 heterocycles. The predicted molar refractivity (Wildman–Crippen MR) is 46.1 cm³/mol. The van der Waals surface area contributed by atoms with Gasteiger partial charge in [-0.1, -0.05) is 0 Å². The summed E-state index contributed by atoms with van der Waals surface area (Å²) in [5, 5.41) is 3.25. The molecule has 0 bridgehead atoms. The predicted octanol–water partition coefficient (Wildman–Crippen LogP) is 0.822. The minimum atomic E-state index is 0.340. The SMILES string of the molecule is c1cc(OC2CCNC2)ccn1. The third-order valence-corrected chi connectivity index (χ3v) is 1.97. The Bertz CT molecular complexity index is 232. The van der Waals surface area contributed by atoms with Gasteiger partial charge in [0.2, 0.25) is 0 Å². The van der Waals surface area contributed by atoms with Crippen molar-refractivity contribution in [1.29, 1.82) is 0 Å². The smallest absolute Gasteiger partial charge is 0.122 e. The molecule has 0 saturated carbocycles. The molecule has 1 atom stereocenters. The van der Waals surface area contributed by atoms with Crippen molar-refractivity contribution in [2.45, 2.75) is 12.5 Å². The molecule has 1 aliphatic rings. The topological polar surface area (TPSA) is 34.1 Å². The lowest BCUT2D eigenvalue weighted by Gasteiger charge is -2.11. The van der Waals surface area contributed by atoms with Crippen LogP contribution in [-0.2, 0) is 0 Å². The lowest BCUT2D eigenvalue weighted by Crippen LogP contribution is -2.19. The maximum absolute atomic E-state index is 5.67. The zero-order valence-electron chi connectivity index (χ0n) is 6.86. The van der Waals surface area contributed by atoms with Crippen LogP contribution in [0.25, 0.3) is 0 Å². The molecule has 1 N–H and O–H groups in total. The minimum absolute atomic E-state index is 0.340. The van der Waals surface area contributed by atoms with Gasteiger partial charge in [0.25, 0.3) is 0 Å². The molecule has 0 aliphatic carbocycles. The average molecular weight is 164 g/mol. The first-order chi connectivity index (χ1) is 5.95. The van der Waals surface area contributed by atoms with Gasteiger partial charge in [-0.05, 0) is 25.1 Å². The summed E-state index contributed by atoms with van der Waals surface area (Å²) in [6.45, 7) is 2.03. The van der Waals surface area contributed by atoms with E-state index < -0.39 is 0 Å². The summed E-state index contributed by atoms with van der Waals surface area (Å²) in [5.74, 6) is 0.915. The Morgan fingerprint density at radius 1 is 1.42 bits per heavy atom. The second-order valence-electron chi connectivity index (χ2n) is 2.92. The quantitative estimate of drug-likeness (QED) is 0.702. The fourth-order valence-corrected chi connectivity index (χ4v) is 1.34. The third-order valence-electron chi connectivity index (χ3n) is 1.97. The van der Waals surface area contributed by atoms with Gasteiger partial charge in [0.15, 0.2) is 0 Å². The molecule has 1 saturated heterocycles. The van der Waals surface area contributed by atoms with Crippen molar-refractivity contribution in [2.75, 3.05) is 13.1 Å². The Morgan fingerprint density at radius 2 is 2.25 bits per heavy atom. The van der Waals surface area contributed by atoms with E-state index in [4.69, 9.17) is 4.74 Å². The van der Waals surface area contributed by atoms with Gasteiger partial charge in [-0.2, -0.15) is 0 Å². The van der Waals surface area contributed by atoms with E-state index in [2.05, 4.69) is 10.3 Å². The van der Waals surface area contributed by atoms with Gasteiger partial charge in [-0.15, -0.1) is 0 Å². The van der Waals surface area contributed by atoms with Crippen molar-refractivity contribution in [3.8, 4) is 5.75 Å². The van der Waals surface area contributed by atoms with Crippen molar-refractivity contribution in [2.24, 2.45) is 0 Å². The number of ether oxygens (including phenoxy) is 1. The van der Waals surface area contributed by atoms with Gasteiger partial charge in [0.05, 0.1) is 0 Å². The summed E-state index contributed by atoms with van der Waals surface area (Å²) in [5.41, 5.74) is 0. The number of nitrogens with zero attached hydrogens (tertiary/aromatic N) is 1. The molecule has 0 spiro atoms. The second kappa shape index (κ2) is 3.54. The number of aromatic nitrogens is 1. The zero-order chi connectivity index (χ0) is 8.23. The molecule has 2 rings (SSSR count). The van der Waals surface area contributed by atoms with Crippen LogP contribution in [0.1, 0.15) is 6.42 Å². The van der Waals surface area contributed by atoms with Crippen LogP contribution in [0.4, 0.5) is 0 Å². The van der Waals surface area contributed by atoms with Gasteiger partial charge in [0, 0.05) is 18.9 Å². The van der Waals surface area contributed by atoms with Crippen molar-refractivity contribution >= 4 is 0 Å². The standard InChI is InChI=1S/C9H12N2O/c1-4-10-5-2-8(1)12-9-3-6-11-7-9/h1-2,4-5,9,11H,3,6-7H2. The van der Waals surface area contributed by atoms with Crippen LogP contribution >= 0.6 is 0 Å². The van der Waals surface area contributed by atoms with Crippen LogP contribution in [0, 0.1) is 0 Å². The monoisotopic (exact) mass is 164 g/mol. The minimum Gasteiger partial charge on any atom is -0.489 e. The molecule has 1 aliphatic heterocycles. The molecule has 0 aromatic carbocycles. The first-order valence-electron chi connectivity index (χ1n) is 4.22. The number of hydrogen-bond donors (Lipinski definition) is 1. The molecule has 64 valence electrons. The van der Waals surface area contributed by atoms with Crippen LogP contribution < -0.4 is 10.1 Å². The maximum Gasteiger partial charge on any atom is 0.122 e. The van der Waals surface area contributed by atoms with E-state index in [9.17, 15) is 0 Å². The molecule has 12 heavy (non-hydrogen) atoms. The van der Waals surface area contributed by atoms with Crippen molar-refractivity contribution < 1.29 is 4.74 Å². The zero-order valence-corrected chi connectivity index (χ0v) is 6.86. The van der Waals surface area contributed by atoms with E-state index in [-0.39, 0.29) is 0 Å². The van der Waals surface area contributed by atoms with Crippen LogP contribution in [-0.4, -0.2) is 24.2 Å². The Morgan fingerprint density at radius 3 is 2.92 bits per heavy atom. The van der Waals surface area contributed by atoms with Crippen LogP contribution in [0.15, 0.2) is 24.5 Å². The molecule has 1 fully saturated rings. The highest BCUT2D eigenvalue weighted by Crippen LogP contribution is 2.12. The van der Waals surface area contributed by atoms with Gasteiger partial charge in [-0.25, -0.2) is 0 Å². The highest BCUT2D eigenvalue weighted by Gasteiger charge is 2.15. The summed E-state index contributed by atoms with van der Waals surface area (Å²) >= 11 is 0. The Labute approximate surface area is 71.8 Å². The summed E-state index contributed by atoms with van der Waals surface area (Å²) < 4.78 is 5.67. The lowest BCUT2D eigenvalue weighted by atomic mass is 10.3. The van der Waals surface area contributed by atoms with Gasteiger partial charge < -0.3 is 10.1 Å². The van der Waals surface area contributed by atoms with Crippen molar-refractivity contribution in [3.63, 3.8) is 0 Å². The molecular weight excluding hydrogens is 152 g/mol. The fourth-order valence-electron chi connectivity index (χ4n) is 1.34. The molecular formula is C9H12N2O. The number of pyridine rings is 1. The summed E-state index contributed by atoms with van der Waals surface area (Å²) in [7, 11) is 0. The summed E-state index contributed by atoms with van der Waals surface area (Å²) in [6, 6.07) is 3.77. The van der Waals surface area contributed by atoms with E-state index in [0.29, 0.717) is 6.10 Å². The van der Waals surface area contributed by atoms with Gasteiger partial charge in [0.1, 0.15) is 11.9 Å². The first kappa shape index (κ1) is 7.55. The van der Waals surface area contributed by atoms with Crippen LogP contribution in [0.5, 0.6) is 5.75 Å². The van der Waals surface area contributed by atoms with E-state index >= 15 is 0 Å². The molecule has 0 radical (unpaired) electrons. The molecule has 3 nitrogen and oxygen atoms in total. The van der Waals surface area contributed by atoms with Gasteiger partial charge >= 0.3 is 0 Å². The Hall–Kier alpha value is -1.09. The highest BCUT2D eigenvalue weighted by molar-refractivity contribution is 5.17. The fraction of sp³-hybridized carbons (Fsp3) is 0.444. The summed E-state index contributed by atoms with van der Waals surface area (Å²) in [4.78, 5) is 3.92. The first-order valence-corrected chi connectivity index (χ1v) is 4.22. The van der Waals surface area contributed by atoms with E-state index in [1.807, 2.05) is 12.1 Å². The van der Waals surface area contributed by atoms with E-state index in [1.165, 1.54) is 0 Å². The molecule has 1 unspecified atom stereocenters. The maximum atomic E-state index is 5.67. The Balaban J connectivity index is 1.94. The number of nitrogens with one attached hydrogen (secondary N) is 1. The summed E-state index contributed by atoms with van der Waals surface area (Å²) in [6.07, 6.45) is 4.94. The van der Waals surface area contributed by atoms with E-state index in [0.717, 1.165) is 25.3 Å². The largest absolute Gasteiger partial charge is 0.489 e. The average Bonchev–Trinajstić information content (AvgIpc) is 2.59. The van der Waals surface area contributed by atoms with Crippen LogP contribution in [0.2, 0.25) is 0 Å². The normalized spacial score (nSPS) is 22.5. The van der Waals surface area contributed by atoms with Crippen molar-refractivity contribution in [3.05, 3.63) is 24.5 Å². The van der Waals surface area contributed by atoms with E-state index in [1.54, 1.807) is 12.4 Å². The second-order valence-corrected chi connectivity index (χ2v) is 2.92.